The van der Waals surface area contributed by atoms with Crippen molar-refractivity contribution in [2.75, 3.05) is 6.54 Å². The molecule has 2 saturated carbocycles. The fourth-order valence-electron chi connectivity index (χ4n) is 4.65. The Labute approximate surface area is 173 Å². The summed E-state index contributed by atoms with van der Waals surface area (Å²) in [6.45, 7) is -0.714. The summed E-state index contributed by atoms with van der Waals surface area (Å²) in [7, 11) is 0. The van der Waals surface area contributed by atoms with Crippen LogP contribution in [-0.4, -0.2) is 91.1 Å². The van der Waals surface area contributed by atoms with E-state index < -0.39 is 66.8 Å². The van der Waals surface area contributed by atoms with Gasteiger partial charge in [0.1, 0.15) is 6.54 Å². The molecule has 1 saturated heterocycles. The number of imide groups is 1. The number of hydrogen-bond acceptors (Lipinski definition) is 7. The van der Waals surface area contributed by atoms with Gasteiger partial charge in [0.05, 0.1) is 12.2 Å². The number of amides is 4. The molecule has 2 aliphatic carbocycles. The Morgan fingerprint density at radius 3 is 1.87 bits per heavy atom. The number of aliphatic carboxylic acids is 1. The molecule has 30 heavy (non-hydrogen) atoms. The normalized spacial score (nSPS) is 35.3. The Morgan fingerprint density at radius 2 is 1.37 bits per heavy atom. The van der Waals surface area contributed by atoms with Gasteiger partial charge >= 0.3 is 12.0 Å². The molecule has 0 aromatic heterocycles. The minimum atomic E-state index is -1.72. The molecule has 1 aliphatic heterocycles. The maximum atomic E-state index is 13.3. The monoisotopic (exact) mass is 427 g/mol. The van der Waals surface area contributed by atoms with Gasteiger partial charge in [-0.15, -0.1) is 0 Å². The molecule has 3 fully saturated rings. The van der Waals surface area contributed by atoms with Gasteiger partial charge in [-0.3, -0.25) is 24.2 Å². The second kappa shape index (κ2) is 9.27. The first-order valence-corrected chi connectivity index (χ1v) is 10.4. The molecule has 2 atom stereocenters. The maximum Gasteiger partial charge on any atom is 0.329 e. The Morgan fingerprint density at radius 1 is 0.867 bits per heavy atom. The average Bonchev–Trinajstić information content (AvgIpc) is 2.69. The first-order valence-electron chi connectivity index (χ1n) is 10.4. The highest BCUT2D eigenvalue weighted by Gasteiger charge is 2.53. The Bertz CT molecular complexity index is 685. The lowest BCUT2D eigenvalue weighted by Crippen LogP contribution is -2.69. The number of rotatable bonds is 5. The molecule has 11 heteroatoms. The van der Waals surface area contributed by atoms with Gasteiger partial charge in [0.15, 0.2) is 12.1 Å². The molecule has 0 radical (unpaired) electrons. The topological polar surface area (TPSA) is 168 Å². The number of nitrogens with one attached hydrogen (secondary N) is 1. The molecule has 5 N–H and O–H groups in total. The van der Waals surface area contributed by atoms with Gasteiger partial charge in [0.25, 0.3) is 0 Å². The number of carboxylic acid groups (broad SMARTS) is 1. The summed E-state index contributed by atoms with van der Waals surface area (Å²) < 4.78 is 0. The lowest BCUT2D eigenvalue weighted by molar-refractivity contribution is -0.163. The molecule has 0 aromatic rings. The number of carbonyl (C=O) groups is 4. The molecule has 168 valence electrons. The number of hydrogen-bond donors (Lipinski definition) is 5. The zero-order valence-electron chi connectivity index (χ0n) is 16.6. The second-order valence-electron chi connectivity index (χ2n) is 8.33. The van der Waals surface area contributed by atoms with E-state index in [0.29, 0.717) is 51.4 Å². The summed E-state index contributed by atoms with van der Waals surface area (Å²) >= 11 is 0. The number of carbonyl (C=O) groups excluding carboxylic acids is 3. The van der Waals surface area contributed by atoms with Crippen molar-refractivity contribution in [3.05, 3.63) is 0 Å². The summed E-state index contributed by atoms with van der Waals surface area (Å²) in [6.07, 6.45) is 0.567. The van der Waals surface area contributed by atoms with E-state index in [1.165, 1.54) is 0 Å². The van der Waals surface area contributed by atoms with Gasteiger partial charge in [-0.2, -0.15) is 0 Å². The van der Waals surface area contributed by atoms with E-state index in [-0.39, 0.29) is 0 Å². The molecule has 11 nitrogen and oxygen atoms in total. The molecule has 4 amide bonds. The van der Waals surface area contributed by atoms with Gasteiger partial charge < -0.3 is 25.7 Å². The third-order valence-corrected chi connectivity index (χ3v) is 6.30. The smallest absolute Gasteiger partial charge is 0.329 e. The number of aliphatic hydroxyl groups is 3. The van der Waals surface area contributed by atoms with Crippen LogP contribution in [0.1, 0.15) is 51.4 Å². The van der Waals surface area contributed by atoms with Crippen molar-refractivity contribution in [2.24, 2.45) is 5.92 Å². The van der Waals surface area contributed by atoms with Gasteiger partial charge in [0, 0.05) is 12.1 Å². The van der Waals surface area contributed by atoms with Crippen molar-refractivity contribution in [3.8, 4) is 0 Å². The van der Waals surface area contributed by atoms with E-state index in [1.807, 2.05) is 0 Å². The van der Waals surface area contributed by atoms with Crippen molar-refractivity contribution in [1.29, 1.82) is 0 Å². The fourth-order valence-corrected chi connectivity index (χ4v) is 4.65. The molecule has 1 heterocycles. The van der Waals surface area contributed by atoms with Gasteiger partial charge in [-0.1, -0.05) is 0 Å². The minimum absolute atomic E-state index is 0.384. The Balaban J connectivity index is 1.87. The van der Waals surface area contributed by atoms with Crippen LogP contribution < -0.4 is 5.32 Å². The molecule has 3 rings (SSSR count). The largest absolute Gasteiger partial charge is 0.480 e. The van der Waals surface area contributed by atoms with Crippen LogP contribution in [0.25, 0.3) is 0 Å². The first-order chi connectivity index (χ1) is 14.2. The lowest BCUT2D eigenvalue weighted by atomic mass is 9.87. The SMILES string of the molecule is O=C(O)CNC(=O)C1C(=O)N(C2CCC(O)CC2)C(=O)N(C2CCC(O)CC2)C1O. The van der Waals surface area contributed by atoms with Crippen LogP contribution >= 0.6 is 0 Å². The highest BCUT2D eigenvalue weighted by atomic mass is 16.4. The van der Waals surface area contributed by atoms with E-state index in [4.69, 9.17) is 5.11 Å². The van der Waals surface area contributed by atoms with Crippen molar-refractivity contribution in [1.82, 2.24) is 15.1 Å². The molecule has 2 unspecified atom stereocenters. The fraction of sp³-hybridized carbons (Fsp3) is 0.789. The van der Waals surface area contributed by atoms with Crippen molar-refractivity contribution in [3.63, 3.8) is 0 Å². The molecule has 0 bridgehead atoms. The van der Waals surface area contributed by atoms with Gasteiger partial charge in [0.2, 0.25) is 11.8 Å². The highest BCUT2D eigenvalue weighted by Crippen LogP contribution is 2.34. The first kappa shape index (κ1) is 22.4. The van der Waals surface area contributed by atoms with Gasteiger partial charge in [-0.25, -0.2) is 4.79 Å². The zero-order valence-corrected chi connectivity index (χ0v) is 16.6. The molecular weight excluding hydrogens is 398 g/mol. The van der Waals surface area contributed by atoms with E-state index in [1.54, 1.807) is 0 Å². The van der Waals surface area contributed by atoms with Crippen LogP contribution in [0, 0.1) is 5.92 Å². The lowest BCUT2D eigenvalue weighted by Gasteiger charge is -2.49. The third kappa shape index (κ3) is 4.57. The standard InChI is InChI=1S/C19H29N3O8/c23-12-5-1-10(2-6-12)21-17(28)15(16(27)20-9-14(25)26)18(29)22(19(21)30)11-3-7-13(24)8-4-11/h10-13,15,17,23-24,28H,1-9H2,(H,20,27)(H,25,26). The zero-order chi connectivity index (χ0) is 22.0. The average molecular weight is 427 g/mol. The number of carboxylic acids is 1. The Kier molecular flexibility index (Phi) is 6.94. The van der Waals surface area contributed by atoms with E-state index >= 15 is 0 Å². The molecular formula is C19H29N3O8. The van der Waals surface area contributed by atoms with Crippen molar-refractivity contribution >= 4 is 23.8 Å². The predicted molar refractivity (Wildman–Crippen MR) is 101 cm³/mol. The van der Waals surface area contributed by atoms with E-state index in [2.05, 4.69) is 5.32 Å². The summed E-state index contributed by atoms with van der Waals surface area (Å²) in [5, 5.41) is 41.3. The quantitative estimate of drug-likeness (QED) is 0.348. The van der Waals surface area contributed by atoms with Gasteiger partial charge in [-0.05, 0) is 51.4 Å². The van der Waals surface area contributed by atoms with Crippen LogP contribution in [0.3, 0.4) is 0 Å². The highest BCUT2D eigenvalue weighted by molar-refractivity contribution is 6.09. The third-order valence-electron chi connectivity index (χ3n) is 6.30. The Hall–Kier alpha value is -2.24. The van der Waals surface area contributed by atoms with E-state index in [0.717, 1.165) is 9.80 Å². The van der Waals surface area contributed by atoms with E-state index in [9.17, 15) is 34.5 Å². The van der Waals surface area contributed by atoms with Crippen LogP contribution in [0.5, 0.6) is 0 Å². The maximum absolute atomic E-state index is 13.3. The van der Waals surface area contributed by atoms with Crippen LogP contribution in [0.15, 0.2) is 0 Å². The molecule has 3 aliphatic rings. The number of nitrogens with zero attached hydrogens (tertiary/aromatic N) is 2. The van der Waals surface area contributed by atoms with Crippen molar-refractivity contribution in [2.45, 2.75) is 81.9 Å². The summed E-state index contributed by atoms with van der Waals surface area (Å²) in [4.78, 5) is 51.9. The van der Waals surface area contributed by atoms with Crippen molar-refractivity contribution < 1.29 is 39.6 Å². The predicted octanol–water partition coefficient (Wildman–Crippen LogP) is -1.01. The summed E-state index contributed by atoms with van der Waals surface area (Å²) in [5.41, 5.74) is 0. The molecule has 0 aromatic carbocycles. The van der Waals surface area contributed by atoms with Crippen LogP contribution in [-0.2, 0) is 14.4 Å². The van der Waals surface area contributed by atoms with Crippen LogP contribution in [0.2, 0.25) is 0 Å². The molecule has 0 spiro atoms. The second-order valence-corrected chi connectivity index (χ2v) is 8.33. The summed E-state index contributed by atoms with van der Waals surface area (Å²) in [6, 6.07) is -1.64. The summed E-state index contributed by atoms with van der Waals surface area (Å²) in [5.74, 6) is -4.75. The number of aliphatic hydroxyl groups excluding tert-OH is 3. The van der Waals surface area contributed by atoms with Crippen LogP contribution in [0.4, 0.5) is 4.79 Å². The minimum Gasteiger partial charge on any atom is -0.480 e. The number of urea groups is 1.